The summed E-state index contributed by atoms with van der Waals surface area (Å²) >= 11 is 0. The van der Waals surface area contributed by atoms with E-state index in [1.165, 1.54) is 0 Å². The maximum absolute atomic E-state index is 12.2. The topological polar surface area (TPSA) is 81.8 Å². The number of hydrogen-bond donors (Lipinski definition) is 2. The summed E-state index contributed by atoms with van der Waals surface area (Å²) in [6.07, 6.45) is 1.25. The Balaban J connectivity index is 1.84. The van der Waals surface area contributed by atoms with Crippen LogP contribution < -0.4 is 10.6 Å². The molecule has 0 aliphatic carbocycles. The zero-order chi connectivity index (χ0) is 14.5. The van der Waals surface area contributed by atoms with Gasteiger partial charge in [-0.15, -0.1) is 0 Å². The number of hydrogen-bond acceptors (Lipinski definition) is 4. The van der Waals surface area contributed by atoms with Gasteiger partial charge in [0.05, 0.1) is 0 Å². The van der Waals surface area contributed by atoms with Crippen molar-refractivity contribution in [1.29, 1.82) is 0 Å². The lowest BCUT2D eigenvalue weighted by atomic mass is 9.96. The Hall–Kier alpha value is -1.63. The fourth-order valence-electron chi connectivity index (χ4n) is 2.69. The Morgan fingerprint density at radius 2 is 1.45 bits per heavy atom. The zero-order valence-corrected chi connectivity index (χ0v) is 11.9. The van der Waals surface area contributed by atoms with Gasteiger partial charge in [0.25, 0.3) is 0 Å². The summed E-state index contributed by atoms with van der Waals surface area (Å²) < 4.78 is 0. The van der Waals surface area contributed by atoms with Gasteiger partial charge in [0.1, 0.15) is 0 Å². The van der Waals surface area contributed by atoms with E-state index in [0.717, 1.165) is 13.1 Å². The van der Waals surface area contributed by atoms with Gasteiger partial charge < -0.3 is 20.4 Å². The Morgan fingerprint density at radius 3 is 1.95 bits per heavy atom. The maximum atomic E-state index is 12.2. The molecule has 0 bridgehead atoms. The first-order chi connectivity index (χ1) is 9.63. The molecule has 7 nitrogen and oxygen atoms in total. The Bertz CT molecular complexity index is 385. The fourth-order valence-corrected chi connectivity index (χ4v) is 2.69. The van der Waals surface area contributed by atoms with Crippen LogP contribution in [0, 0.1) is 5.92 Å². The highest BCUT2D eigenvalue weighted by atomic mass is 16.2. The molecule has 2 aliphatic heterocycles. The quantitative estimate of drug-likeness (QED) is 0.568. The zero-order valence-electron chi connectivity index (χ0n) is 11.9. The minimum Gasteiger partial charge on any atom is -0.359 e. The molecule has 0 radical (unpaired) electrons. The standard InChI is InChI=1S/C13H22N4O3/c1-14-11(18)10-2-6-16(7-3-10)12(19)13(20)17-8-4-15-5-9-17/h10,15H,2-9H2,1H3,(H,14,18). The highest BCUT2D eigenvalue weighted by molar-refractivity contribution is 6.34. The highest BCUT2D eigenvalue weighted by Gasteiger charge is 2.32. The molecule has 2 fully saturated rings. The molecule has 0 aromatic heterocycles. The van der Waals surface area contributed by atoms with Crippen molar-refractivity contribution >= 4 is 17.7 Å². The second-order valence-electron chi connectivity index (χ2n) is 5.22. The molecular formula is C13H22N4O3. The van der Waals surface area contributed by atoms with Gasteiger partial charge in [-0.25, -0.2) is 0 Å². The van der Waals surface area contributed by atoms with Crippen molar-refractivity contribution in [3.05, 3.63) is 0 Å². The molecule has 20 heavy (non-hydrogen) atoms. The summed E-state index contributed by atoms with van der Waals surface area (Å²) in [5, 5.41) is 5.78. The molecular weight excluding hydrogens is 260 g/mol. The van der Waals surface area contributed by atoms with E-state index in [1.54, 1.807) is 16.8 Å². The van der Waals surface area contributed by atoms with E-state index in [2.05, 4.69) is 10.6 Å². The number of carbonyl (C=O) groups is 3. The number of likely N-dealkylation sites (tertiary alicyclic amines) is 1. The first-order valence-electron chi connectivity index (χ1n) is 7.14. The van der Waals surface area contributed by atoms with Gasteiger partial charge in [0, 0.05) is 52.2 Å². The van der Waals surface area contributed by atoms with Gasteiger partial charge in [-0.3, -0.25) is 14.4 Å². The van der Waals surface area contributed by atoms with Crippen LogP contribution in [0.15, 0.2) is 0 Å². The summed E-state index contributed by atoms with van der Waals surface area (Å²) in [5.41, 5.74) is 0. The van der Waals surface area contributed by atoms with E-state index in [1.807, 2.05) is 0 Å². The molecule has 3 amide bonds. The molecule has 2 N–H and O–H groups in total. The molecule has 0 aromatic carbocycles. The number of piperazine rings is 1. The van der Waals surface area contributed by atoms with E-state index in [9.17, 15) is 14.4 Å². The van der Waals surface area contributed by atoms with Crippen LogP contribution in [0.3, 0.4) is 0 Å². The number of nitrogens with zero attached hydrogens (tertiary/aromatic N) is 2. The first-order valence-corrected chi connectivity index (χ1v) is 7.14. The second kappa shape index (κ2) is 6.69. The van der Waals surface area contributed by atoms with Crippen LogP contribution in [-0.2, 0) is 14.4 Å². The highest BCUT2D eigenvalue weighted by Crippen LogP contribution is 2.17. The summed E-state index contributed by atoms with van der Waals surface area (Å²) in [6, 6.07) is 0. The lowest BCUT2D eigenvalue weighted by Gasteiger charge is -2.33. The SMILES string of the molecule is CNC(=O)C1CCN(C(=O)C(=O)N2CCNCC2)CC1. The summed E-state index contributed by atoms with van der Waals surface area (Å²) in [6.45, 7) is 3.59. The molecule has 2 rings (SSSR count). The first kappa shape index (κ1) is 14.8. The van der Waals surface area contributed by atoms with Crippen LogP contribution in [-0.4, -0.2) is 73.8 Å². The molecule has 2 saturated heterocycles. The van der Waals surface area contributed by atoms with Gasteiger partial charge in [0.2, 0.25) is 5.91 Å². The van der Waals surface area contributed by atoms with Gasteiger partial charge >= 0.3 is 11.8 Å². The number of nitrogens with one attached hydrogen (secondary N) is 2. The van der Waals surface area contributed by atoms with E-state index >= 15 is 0 Å². The second-order valence-corrected chi connectivity index (χ2v) is 5.22. The van der Waals surface area contributed by atoms with Crippen molar-refractivity contribution in [3.8, 4) is 0 Å². The number of amides is 3. The molecule has 2 aliphatic rings. The molecule has 0 aromatic rings. The minimum atomic E-state index is -0.428. The lowest BCUT2D eigenvalue weighted by molar-refractivity contribution is -0.153. The van der Waals surface area contributed by atoms with Crippen LogP contribution in [0.1, 0.15) is 12.8 Å². The van der Waals surface area contributed by atoms with E-state index in [4.69, 9.17) is 0 Å². The molecule has 0 spiro atoms. The Labute approximate surface area is 118 Å². The van der Waals surface area contributed by atoms with E-state index in [-0.39, 0.29) is 11.8 Å². The van der Waals surface area contributed by atoms with Crippen molar-refractivity contribution in [3.63, 3.8) is 0 Å². The maximum Gasteiger partial charge on any atom is 0.312 e. The molecule has 0 saturated carbocycles. The minimum absolute atomic E-state index is 0.0190. The molecule has 0 atom stereocenters. The number of piperidine rings is 1. The third-order valence-electron chi connectivity index (χ3n) is 3.99. The average molecular weight is 282 g/mol. The van der Waals surface area contributed by atoms with Crippen LogP contribution in [0.5, 0.6) is 0 Å². The normalized spacial score (nSPS) is 20.6. The third-order valence-corrected chi connectivity index (χ3v) is 3.99. The fraction of sp³-hybridized carbons (Fsp3) is 0.769. The third kappa shape index (κ3) is 3.27. The molecule has 7 heteroatoms. The van der Waals surface area contributed by atoms with Gasteiger partial charge in [-0.05, 0) is 12.8 Å². The smallest absolute Gasteiger partial charge is 0.312 e. The van der Waals surface area contributed by atoms with Crippen molar-refractivity contribution in [2.75, 3.05) is 46.3 Å². The lowest BCUT2D eigenvalue weighted by Crippen LogP contribution is -2.53. The van der Waals surface area contributed by atoms with Crippen molar-refractivity contribution in [2.45, 2.75) is 12.8 Å². The predicted molar refractivity (Wildman–Crippen MR) is 72.8 cm³/mol. The summed E-state index contributed by atoms with van der Waals surface area (Å²) in [7, 11) is 1.62. The van der Waals surface area contributed by atoms with Gasteiger partial charge in [-0.2, -0.15) is 0 Å². The summed E-state index contributed by atoms with van der Waals surface area (Å²) in [5.74, 6) is -0.865. The monoisotopic (exact) mass is 282 g/mol. The van der Waals surface area contributed by atoms with Gasteiger partial charge in [0.15, 0.2) is 0 Å². The Kier molecular flexibility index (Phi) is 4.94. The molecule has 2 heterocycles. The van der Waals surface area contributed by atoms with Crippen LogP contribution in [0.2, 0.25) is 0 Å². The van der Waals surface area contributed by atoms with Crippen molar-refractivity contribution in [1.82, 2.24) is 20.4 Å². The van der Waals surface area contributed by atoms with E-state index < -0.39 is 11.8 Å². The number of rotatable bonds is 1. The van der Waals surface area contributed by atoms with Gasteiger partial charge in [-0.1, -0.05) is 0 Å². The predicted octanol–water partition coefficient (Wildman–Crippen LogP) is -1.60. The summed E-state index contributed by atoms with van der Waals surface area (Å²) in [4.78, 5) is 39.0. The van der Waals surface area contributed by atoms with Crippen molar-refractivity contribution in [2.24, 2.45) is 5.92 Å². The largest absolute Gasteiger partial charge is 0.359 e. The van der Waals surface area contributed by atoms with Crippen molar-refractivity contribution < 1.29 is 14.4 Å². The van der Waals surface area contributed by atoms with Crippen LogP contribution in [0.4, 0.5) is 0 Å². The van der Waals surface area contributed by atoms with Crippen LogP contribution in [0.25, 0.3) is 0 Å². The van der Waals surface area contributed by atoms with E-state index in [0.29, 0.717) is 39.0 Å². The molecule has 112 valence electrons. The molecule has 0 unspecified atom stereocenters. The average Bonchev–Trinajstić information content (AvgIpc) is 2.53. The Morgan fingerprint density at radius 1 is 0.950 bits per heavy atom. The number of carbonyl (C=O) groups excluding carboxylic acids is 3. The van der Waals surface area contributed by atoms with Crippen LogP contribution >= 0.6 is 0 Å².